The fourth-order valence-corrected chi connectivity index (χ4v) is 3.98. The third kappa shape index (κ3) is 5.66. The molecule has 34 heavy (non-hydrogen) atoms. The fraction of sp³-hybridized carbons (Fsp3) is 0.464. The maximum Gasteiger partial charge on any atom is 0.235 e. The minimum Gasteiger partial charge on any atom is -0.493 e. The lowest BCUT2D eigenvalue weighted by Crippen LogP contribution is -2.11. The summed E-state index contributed by atoms with van der Waals surface area (Å²) in [7, 11) is 4.67. The number of fused-ring (bicyclic) bond motifs is 1. The van der Waals surface area contributed by atoms with Gasteiger partial charge in [-0.1, -0.05) is 45.6 Å². The number of aryl methyl sites for hydroxylation is 1. The lowest BCUT2D eigenvalue weighted by molar-refractivity contribution is 0.301. The maximum atomic E-state index is 13.5. The van der Waals surface area contributed by atoms with Gasteiger partial charge in [0, 0.05) is 5.56 Å². The van der Waals surface area contributed by atoms with E-state index in [0.717, 1.165) is 31.2 Å². The Hall–Kier alpha value is -3.15. The minimum absolute atomic E-state index is 0.182. The van der Waals surface area contributed by atoms with Crippen LogP contribution in [0, 0.1) is 0 Å². The van der Waals surface area contributed by atoms with Crippen LogP contribution in [0.2, 0.25) is 0 Å². The summed E-state index contributed by atoms with van der Waals surface area (Å²) in [6, 6.07) is 9.38. The third-order valence-corrected chi connectivity index (χ3v) is 5.91. The van der Waals surface area contributed by atoms with Crippen LogP contribution in [0.25, 0.3) is 22.3 Å². The molecule has 2 aromatic carbocycles. The first-order valence-electron chi connectivity index (χ1n) is 12.1. The van der Waals surface area contributed by atoms with E-state index in [1.807, 2.05) is 18.2 Å². The minimum atomic E-state index is -0.182. The van der Waals surface area contributed by atoms with Crippen LogP contribution in [0.5, 0.6) is 23.0 Å². The van der Waals surface area contributed by atoms with Crippen molar-refractivity contribution in [2.45, 2.75) is 58.8 Å². The molecule has 0 radical (unpaired) electrons. The van der Waals surface area contributed by atoms with E-state index in [-0.39, 0.29) is 11.2 Å². The summed E-state index contributed by atoms with van der Waals surface area (Å²) in [4.78, 5) is 13.5. The molecule has 0 spiro atoms. The second-order valence-corrected chi connectivity index (χ2v) is 8.35. The maximum absolute atomic E-state index is 13.5. The summed E-state index contributed by atoms with van der Waals surface area (Å²) in [6.45, 7) is 4.71. The number of benzene rings is 2. The van der Waals surface area contributed by atoms with Gasteiger partial charge >= 0.3 is 0 Å². The molecular weight excluding hydrogens is 432 g/mol. The molecule has 0 saturated carbocycles. The average Bonchev–Trinajstić information content (AvgIpc) is 2.86. The summed E-state index contributed by atoms with van der Waals surface area (Å²) in [5.74, 6) is 1.98. The van der Waals surface area contributed by atoms with Crippen LogP contribution in [0.4, 0.5) is 0 Å². The van der Waals surface area contributed by atoms with Crippen molar-refractivity contribution in [3.8, 4) is 34.3 Å². The molecule has 0 aliphatic heterocycles. The van der Waals surface area contributed by atoms with Gasteiger partial charge in [0.05, 0.1) is 33.3 Å². The SMILES string of the molecule is CCCCCCc1ccc2c(=O)c(OCCCC)c(-c3cc(OC)c(OC)c(OC)c3)oc2c1. The Morgan fingerprint density at radius 3 is 2.12 bits per heavy atom. The molecule has 184 valence electrons. The standard InChI is InChI=1S/C28H36O6/c1-6-8-10-11-12-19-13-14-21-22(16-19)34-26(28(25(21)29)33-15-9-7-2)20-17-23(30-3)27(32-5)24(18-20)31-4/h13-14,16-18H,6-12,15H2,1-5H3. The van der Waals surface area contributed by atoms with E-state index in [1.54, 1.807) is 33.5 Å². The van der Waals surface area contributed by atoms with E-state index in [1.165, 1.54) is 19.3 Å². The Labute approximate surface area is 201 Å². The number of hydrogen-bond donors (Lipinski definition) is 0. The molecule has 1 aromatic heterocycles. The molecule has 3 rings (SSSR count). The van der Waals surface area contributed by atoms with Crippen LogP contribution in [0.15, 0.2) is 39.5 Å². The Balaban J connectivity index is 2.15. The zero-order chi connectivity index (χ0) is 24.5. The van der Waals surface area contributed by atoms with E-state index in [9.17, 15) is 4.79 Å². The van der Waals surface area contributed by atoms with E-state index < -0.39 is 0 Å². The summed E-state index contributed by atoms with van der Waals surface area (Å²) in [5.41, 5.74) is 2.14. The summed E-state index contributed by atoms with van der Waals surface area (Å²) < 4.78 is 28.8. The molecule has 0 saturated heterocycles. The summed E-state index contributed by atoms with van der Waals surface area (Å²) in [6.07, 6.45) is 7.48. The largest absolute Gasteiger partial charge is 0.493 e. The van der Waals surface area contributed by atoms with Crippen molar-refractivity contribution < 1.29 is 23.4 Å². The molecule has 3 aromatic rings. The highest BCUT2D eigenvalue weighted by atomic mass is 16.5. The molecular formula is C28H36O6. The van der Waals surface area contributed by atoms with Crippen molar-refractivity contribution >= 4 is 11.0 Å². The van der Waals surface area contributed by atoms with Gasteiger partial charge in [0.2, 0.25) is 16.9 Å². The lowest BCUT2D eigenvalue weighted by atomic mass is 10.0. The normalized spacial score (nSPS) is 11.0. The Kier molecular flexibility index (Phi) is 9.25. The molecule has 0 atom stereocenters. The Morgan fingerprint density at radius 2 is 1.50 bits per heavy atom. The van der Waals surface area contributed by atoms with Crippen LogP contribution in [-0.4, -0.2) is 27.9 Å². The van der Waals surface area contributed by atoms with Gasteiger partial charge in [-0.3, -0.25) is 4.79 Å². The fourth-order valence-electron chi connectivity index (χ4n) is 3.98. The number of rotatable bonds is 13. The quantitative estimate of drug-likeness (QED) is 0.257. The molecule has 0 unspecified atom stereocenters. The smallest absolute Gasteiger partial charge is 0.235 e. The summed E-state index contributed by atoms with van der Waals surface area (Å²) in [5, 5.41) is 0.514. The van der Waals surface area contributed by atoms with Gasteiger partial charge in [0.1, 0.15) is 5.58 Å². The third-order valence-electron chi connectivity index (χ3n) is 5.91. The second-order valence-electron chi connectivity index (χ2n) is 8.35. The predicted octanol–water partition coefficient (Wildman–Crippen LogP) is 6.79. The van der Waals surface area contributed by atoms with Crippen molar-refractivity contribution in [1.82, 2.24) is 0 Å². The van der Waals surface area contributed by atoms with Crippen molar-refractivity contribution in [3.05, 3.63) is 46.1 Å². The Bertz CT molecular complexity index is 1120. The lowest BCUT2D eigenvalue weighted by Gasteiger charge is -2.16. The van der Waals surface area contributed by atoms with E-state index in [2.05, 4.69) is 13.8 Å². The summed E-state index contributed by atoms with van der Waals surface area (Å²) >= 11 is 0. The van der Waals surface area contributed by atoms with Crippen molar-refractivity contribution in [2.75, 3.05) is 27.9 Å². The van der Waals surface area contributed by atoms with Crippen LogP contribution >= 0.6 is 0 Å². The van der Waals surface area contributed by atoms with Crippen molar-refractivity contribution in [1.29, 1.82) is 0 Å². The van der Waals surface area contributed by atoms with Crippen LogP contribution in [-0.2, 0) is 6.42 Å². The molecule has 1 heterocycles. The zero-order valence-electron chi connectivity index (χ0n) is 21.0. The van der Waals surface area contributed by atoms with Gasteiger partial charge in [0.15, 0.2) is 17.3 Å². The van der Waals surface area contributed by atoms with Gasteiger partial charge in [-0.05, 0) is 49.1 Å². The number of unbranched alkanes of at least 4 members (excludes halogenated alkanes) is 4. The Morgan fingerprint density at radius 1 is 0.794 bits per heavy atom. The van der Waals surface area contributed by atoms with E-state index in [4.69, 9.17) is 23.4 Å². The van der Waals surface area contributed by atoms with E-state index in [0.29, 0.717) is 46.1 Å². The number of ether oxygens (including phenoxy) is 4. The predicted molar refractivity (Wildman–Crippen MR) is 136 cm³/mol. The molecule has 0 aliphatic carbocycles. The van der Waals surface area contributed by atoms with Gasteiger partial charge in [0.25, 0.3) is 0 Å². The highest BCUT2D eigenvalue weighted by Crippen LogP contribution is 2.43. The van der Waals surface area contributed by atoms with Gasteiger partial charge < -0.3 is 23.4 Å². The first-order valence-corrected chi connectivity index (χ1v) is 12.1. The highest BCUT2D eigenvalue weighted by molar-refractivity contribution is 5.83. The molecule has 6 heteroatoms. The van der Waals surface area contributed by atoms with Gasteiger partial charge in [-0.25, -0.2) is 0 Å². The molecule has 0 bridgehead atoms. The van der Waals surface area contributed by atoms with Crippen molar-refractivity contribution in [2.24, 2.45) is 0 Å². The van der Waals surface area contributed by atoms with Crippen molar-refractivity contribution in [3.63, 3.8) is 0 Å². The monoisotopic (exact) mass is 468 g/mol. The molecule has 0 amide bonds. The topological polar surface area (TPSA) is 67.1 Å². The molecule has 6 nitrogen and oxygen atoms in total. The van der Waals surface area contributed by atoms with Crippen LogP contribution in [0.3, 0.4) is 0 Å². The second kappa shape index (κ2) is 12.4. The van der Waals surface area contributed by atoms with Gasteiger partial charge in [-0.15, -0.1) is 0 Å². The first kappa shape index (κ1) is 25.5. The van der Waals surface area contributed by atoms with Crippen LogP contribution in [0.1, 0.15) is 57.9 Å². The van der Waals surface area contributed by atoms with E-state index >= 15 is 0 Å². The van der Waals surface area contributed by atoms with Gasteiger partial charge in [-0.2, -0.15) is 0 Å². The number of methoxy groups -OCH3 is 3. The molecule has 0 fully saturated rings. The zero-order valence-corrected chi connectivity index (χ0v) is 21.0. The highest BCUT2D eigenvalue weighted by Gasteiger charge is 2.22. The van der Waals surface area contributed by atoms with Crippen LogP contribution < -0.4 is 24.4 Å². The first-order chi connectivity index (χ1) is 16.6. The molecule has 0 N–H and O–H groups in total. The average molecular weight is 469 g/mol. The number of hydrogen-bond acceptors (Lipinski definition) is 6. The molecule has 0 aliphatic rings.